The number of hydrogen-bond acceptors (Lipinski definition) is 7. The van der Waals surface area contributed by atoms with Gasteiger partial charge in [-0.1, -0.05) is 19.3 Å². The number of nitrogens with one attached hydrogen (secondary N) is 1. The fourth-order valence-corrected chi connectivity index (χ4v) is 3.23. The van der Waals surface area contributed by atoms with Crippen LogP contribution in [0, 0.1) is 10.1 Å². The summed E-state index contributed by atoms with van der Waals surface area (Å²) in [4.78, 5) is 34.8. The number of ether oxygens (including phenoxy) is 3. The zero-order valence-corrected chi connectivity index (χ0v) is 15.5. The Morgan fingerprint density at radius 2 is 1.93 bits per heavy atom. The smallest absolute Gasteiger partial charge is 0.331 e. The molecule has 1 heterocycles. The Labute approximate surface area is 161 Å². The number of hydrogen-bond donors (Lipinski definition) is 1. The second kappa shape index (κ2) is 8.73. The van der Waals surface area contributed by atoms with Gasteiger partial charge >= 0.3 is 5.97 Å². The maximum absolute atomic E-state index is 12.2. The van der Waals surface area contributed by atoms with Gasteiger partial charge in [-0.15, -0.1) is 0 Å². The van der Waals surface area contributed by atoms with Gasteiger partial charge in [-0.25, -0.2) is 4.79 Å². The number of benzene rings is 1. The molecule has 0 radical (unpaired) electrons. The van der Waals surface area contributed by atoms with Crippen molar-refractivity contribution in [2.75, 3.05) is 6.79 Å². The predicted molar refractivity (Wildman–Crippen MR) is 98.8 cm³/mol. The third-order valence-corrected chi connectivity index (χ3v) is 4.73. The van der Waals surface area contributed by atoms with Crippen LogP contribution < -0.4 is 14.8 Å². The second-order valence-electron chi connectivity index (χ2n) is 6.78. The molecule has 0 bridgehead atoms. The first-order valence-corrected chi connectivity index (χ1v) is 9.21. The van der Waals surface area contributed by atoms with Crippen molar-refractivity contribution in [3.05, 3.63) is 33.9 Å². The van der Waals surface area contributed by atoms with Crippen molar-refractivity contribution in [2.24, 2.45) is 0 Å². The Bertz CT molecular complexity index is 800. The van der Waals surface area contributed by atoms with Gasteiger partial charge in [0.25, 0.3) is 11.6 Å². The highest BCUT2D eigenvalue weighted by molar-refractivity contribution is 5.91. The first-order chi connectivity index (χ1) is 13.4. The maximum atomic E-state index is 12.2. The molecule has 1 atom stereocenters. The minimum Gasteiger partial charge on any atom is -0.454 e. The largest absolute Gasteiger partial charge is 0.454 e. The van der Waals surface area contributed by atoms with Crippen LogP contribution in [0.2, 0.25) is 0 Å². The predicted octanol–water partition coefficient (Wildman–Crippen LogP) is 2.72. The SMILES string of the molecule is C[C@@H](OC(=O)/C=C/c1cc2c(cc1[N+](=O)[O-])OCO2)C(=O)NC1CCCCC1. The van der Waals surface area contributed by atoms with Crippen LogP contribution in [0.5, 0.6) is 11.5 Å². The van der Waals surface area contributed by atoms with Gasteiger partial charge in [0.05, 0.1) is 16.6 Å². The summed E-state index contributed by atoms with van der Waals surface area (Å²) in [6.45, 7) is 1.47. The van der Waals surface area contributed by atoms with E-state index in [9.17, 15) is 19.7 Å². The lowest BCUT2D eigenvalue weighted by atomic mass is 9.95. The Morgan fingerprint density at radius 1 is 1.25 bits per heavy atom. The van der Waals surface area contributed by atoms with E-state index in [4.69, 9.17) is 14.2 Å². The minimum absolute atomic E-state index is 0.0185. The summed E-state index contributed by atoms with van der Waals surface area (Å²) >= 11 is 0. The molecule has 1 fully saturated rings. The van der Waals surface area contributed by atoms with Gasteiger partial charge in [-0.05, 0) is 31.9 Å². The number of carbonyl (C=O) groups is 2. The molecule has 9 nitrogen and oxygen atoms in total. The molecule has 9 heteroatoms. The van der Waals surface area contributed by atoms with Crippen LogP contribution in [-0.4, -0.2) is 35.7 Å². The summed E-state index contributed by atoms with van der Waals surface area (Å²) in [6, 6.07) is 2.78. The lowest BCUT2D eigenvalue weighted by Gasteiger charge is -2.24. The molecule has 0 saturated heterocycles. The Kier molecular flexibility index (Phi) is 6.13. The molecule has 2 aliphatic rings. The number of nitro benzene ring substituents is 1. The number of fused-ring (bicyclic) bond motifs is 1. The van der Waals surface area contributed by atoms with Crippen molar-refractivity contribution in [1.82, 2.24) is 5.32 Å². The average molecular weight is 390 g/mol. The number of rotatable bonds is 6. The number of amides is 1. The van der Waals surface area contributed by atoms with Crippen LogP contribution in [0.4, 0.5) is 5.69 Å². The van der Waals surface area contributed by atoms with Crippen molar-refractivity contribution >= 4 is 23.6 Å². The van der Waals surface area contributed by atoms with Crippen LogP contribution in [0.25, 0.3) is 6.08 Å². The molecule has 1 aliphatic heterocycles. The maximum Gasteiger partial charge on any atom is 0.331 e. The molecule has 0 aromatic heterocycles. The van der Waals surface area contributed by atoms with E-state index in [2.05, 4.69) is 5.32 Å². The number of nitrogens with zero attached hydrogens (tertiary/aromatic N) is 1. The molecule has 150 valence electrons. The molecule has 0 unspecified atom stereocenters. The standard InChI is InChI=1S/C19H22N2O7/c1-12(19(23)20-14-5-3-2-4-6-14)28-18(22)8-7-13-9-16-17(27-11-26-16)10-15(13)21(24)25/h7-10,12,14H,2-6,11H2,1H3,(H,20,23)/b8-7+/t12-/m1/s1. The molecular weight excluding hydrogens is 368 g/mol. The van der Waals surface area contributed by atoms with Gasteiger partial charge in [0.1, 0.15) is 0 Å². The van der Waals surface area contributed by atoms with Crippen LogP contribution in [0.1, 0.15) is 44.6 Å². The van der Waals surface area contributed by atoms with E-state index < -0.39 is 17.0 Å². The van der Waals surface area contributed by atoms with Crippen LogP contribution in [0.15, 0.2) is 18.2 Å². The molecular formula is C19H22N2O7. The number of esters is 1. The van der Waals surface area contributed by atoms with Gasteiger partial charge in [0.2, 0.25) is 6.79 Å². The summed E-state index contributed by atoms with van der Waals surface area (Å²) in [5.74, 6) is -0.473. The Hall–Kier alpha value is -3.10. The normalized spacial score (nSPS) is 17.3. The molecule has 1 amide bonds. The van der Waals surface area contributed by atoms with Gasteiger partial charge in [0.15, 0.2) is 17.6 Å². The zero-order valence-electron chi connectivity index (χ0n) is 15.5. The summed E-state index contributed by atoms with van der Waals surface area (Å²) in [5.41, 5.74) is -0.0538. The number of nitro groups is 1. The van der Waals surface area contributed by atoms with Crippen molar-refractivity contribution in [1.29, 1.82) is 0 Å². The number of carbonyl (C=O) groups excluding carboxylic acids is 2. The van der Waals surface area contributed by atoms with E-state index in [1.165, 1.54) is 31.6 Å². The third kappa shape index (κ3) is 4.79. The molecule has 1 aliphatic carbocycles. The van der Waals surface area contributed by atoms with Crippen LogP contribution in [0.3, 0.4) is 0 Å². The Balaban J connectivity index is 1.60. The molecule has 1 saturated carbocycles. The van der Waals surface area contributed by atoms with Gasteiger partial charge in [-0.3, -0.25) is 14.9 Å². The van der Waals surface area contributed by atoms with E-state index in [-0.39, 0.29) is 35.7 Å². The van der Waals surface area contributed by atoms with E-state index >= 15 is 0 Å². The summed E-state index contributed by atoms with van der Waals surface area (Å²) in [5, 5.41) is 14.1. The second-order valence-corrected chi connectivity index (χ2v) is 6.78. The molecule has 3 rings (SSSR count). The highest BCUT2D eigenvalue weighted by atomic mass is 16.7. The van der Waals surface area contributed by atoms with Crippen molar-refractivity contribution in [2.45, 2.75) is 51.2 Å². The fourth-order valence-electron chi connectivity index (χ4n) is 3.23. The highest BCUT2D eigenvalue weighted by Gasteiger charge is 2.23. The third-order valence-electron chi connectivity index (χ3n) is 4.73. The minimum atomic E-state index is -0.953. The lowest BCUT2D eigenvalue weighted by molar-refractivity contribution is -0.385. The first kappa shape index (κ1) is 19.7. The quantitative estimate of drug-likeness (QED) is 0.343. The topological polar surface area (TPSA) is 117 Å². The Morgan fingerprint density at radius 3 is 2.61 bits per heavy atom. The van der Waals surface area contributed by atoms with Crippen molar-refractivity contribution in [3.8, 4) is 11.5 Å². The van der Waals surface area contributed by atoms with Crippen molar-refractivity contribution in [3.63, 3.8) is 0 Å². The van der Waals surface area contributed by atoms with Crippen molar-refractivity contribution < 1.29 is 28.7 Å². The molecule has 1 N–H and O–H groups in total. The summed E-state index contributed by atoms with van der Waals surface area (Å²) in [7, 11) is 0. The van der Waals surface area contributed by atoms with Gasteiger partial charge in [-0.2, -0.15) is 0 Å². The highest BCUT2D eigenvalue weighted by Crippen LogP contribution is 2.38. The van der Waals surface area contributed by atoms with Gasteiger partial charge in [0, 0.05) is 12.1 Å². The molecule has 1 aromatic carbocycles. The summed E-state index contributed by atoms with van der Waals surface area (Å²) in [6.07, 6.45) is 6.55. The van der Waals surface area contributed by atoms with Crippen LogP contribution >= 0.6 is 0 Å². The van der Waals surface area contributed by atoms with E-state index in [1.807, 2.05) is 0 Å². The summed E-state index contributed by atoms with van der Waals surface area (Å²) < 4.78 is 15.4. The average Bonchev–Trinajstić information content (AvgIpc) is 3.13. The molecule has 0 spiro atoms. The van der Waals surface area contributed by atoms with Gasteiger partial charge < -0.3 is 19.5 Å². The van der Waals surface area contributed by atoms with E-state index in [0.29, 0.717) is 5.75 Å². The molecule has 1 aromatic rings. The molecule has 28 heavy (non-hydrogen) atoms. The lowest BCUT2D eigenvalue weighted by Crippen LogP contribution is -2.42. The van der Waals surface area contributed by atoms with E-state index in [1.54, 1.807) is 0 Å². The zero-order chi connectivity index (χ0) is 20.1. The monoisotopic (exact) mass is 390 g/mol. The van der Waals surface area contributed by atoms with Crippen LogP contribution in [-0.2, 0) is 14.3 Å². The van der Waals surface area contributed by atoms with E-state index in [0.717, 1.165) is 31.8 Å². The first-order valence-electron chi connectivity index (χ1n) is 9.21. The fraction of sp³-hybridized carbons (Fsp3) is 0.474.